The molecule has 1 saturated heterocycles. The first kappa shape index (κ1) is 23.8. The number of ether oxygens (including phenoxy) is 1. The standard InChI is InChI=1S/C23H31N5O3S2/c1-32-23-26-25-21(33-23)24-22(30)28-13-11-27(12-14-28)20(29)18-8-5-9-19(16-18)31-15-10-17-6-3-2-4-7-17/h5,8-9,16-17H,2-4,6-7,10-15H2,1H3,(H,24,25,30). The van der Waals surface area contributed by atoms with Gasteiger partial charge >= 0.3 is 6.03 Å². The number of nitrogens with zero attached hydrogens (tertiary/aromatic N) is 4. The van der Waals surface area contributed by atoms with Gasteiger partial charge in [0, 0.05) is 31.7 Å². The van der Waals surface area contributed by atoms with Gasteiger partial charge < -0.3 is 14.5 Å². The van der Waals surface area contributed by atoms with Crippen molar-refractivity contribution in [2.24, 2.45) is 5.92 Å². The van der Waals surface area contributed by atoms with E-state index in [1.807, 2.05) is 30.5 Å². The predicted octanol–water partition coefficient (Wildman–Crippen LogP) is 4.60. The number of nitrogens with one attached hydrogen (secondary N) is 1. The SMILES string of the molecule is CSc1nnc(NC(=O)N2CCN(C(=O)c3cccc(OCCC4CCCCC4)c3)CC2)s1. The number of hydrogen-bond donors (Lipinski definition) is 1. The third-order valence-corrected chi connectivity index (χ3v) is 8.06. The van der Waals surface area contributed by atoms with E-state index in [0.29, 0.717) is 43.5 Å². The molecular formula is C23H31N5O3S2. The number of aromatic nitrogens is 2. The molecule has 178 valence electrons. The Kier molecular flexibility index (Phi) is 8.44. The zero-order valence-electron chi connectivity index (χ0n) is 19.0. The van der Waals surface area contributed by atoms with Crippen LogP contribution in [0, 0.1) is 5.92 Å². The molecule has 2 aromatic rings. The molecule has 8 nitrogen and oxygen atoms in total. The van der Waals surface area contributed by atoms with E-state index in [0.717, 1.165) is 22.4 Å². The molecule has 4 rings (SSSR count). The molecule has 0 spiro atoms. The molecule has 33 heavy (non-hydrogen) atoms. The van der Waals surface area contributed by atoms with Crippen molar-refractivity contribution in [2.45, 2.75) is 42.9 Å². The second-order valence-corrected chi connectivity index (χ2v) is 10.5. The van der Waals surface area contributed by atoms with Crippen molar-refractivity contribution < 1.29 is 14.3 Å². The molecule has 2 fully saturated rings. The fourth-order valence-corrected chi connectivity index (χ4v) is 5.51. The molecule has 3 amide bonds. The summed E-state index contributed by atoms with van der Waals surface area (Å²) in [5, 5.41) is 11.2. The Morgan fingerprint density at radius 2 is 1.88 bits per heavy atom. The summed E-state index contributed by atoms with van der Waals surface area (Å²) in [6.45, 7) is 2.63. The van der Waals surface area contributed by atoms with Crippen LogP contribution in [0.15, 0.2) is 28.6 Å². The first-order valence-corrected chi connectivity index (χ1v) is 13.6. The highest BCUT2D eigenvalue weighted by atomic mass is 32.2. The summed E-state index contributed by atoms with van der Waals surface area (Å²) in [6, 6.07) is 7.24. The summed E-state index contributed by atoms with van der Waals surface area (Å²) >= 11 is 2.84. The molecule has 1 aliphatic heterocycles. The van der Waals surface area contributed by atoms with Crippen LogP contribution in [0.1, 0.15) is 48.9 Å². The van der Waals surface area contributed by atoms with E-state index in [1.54, 1.807) is 9.80 Å². The van der Waals surface area contributed by atoms with Gasteiger partial charge in [-0.05, 0) is 36.8 Å². The van der Waals surface area contributed by atoms with Crippen molar-refractivity contribution in [3.8, 4) is 5.75 Å². The first-order chi connectivity index (χ1) is 16.1. The normalized spacial score (nSPS) is 17.1. The Labute approximate surface area is 203 Å². The molecule has 0 atom stereocenters. The van der Waals surface area contributed by atoms with Gasteiger partial charge in [0.15, 0.2) is 4.34 Å². The Morgan fingerprint density at radius 3 is 2.61 bits per heavy atom. The molecule has 2 aliphatic rings. The highest BCUT2D eigenvalue weighted by Crippen LogP contribution is 2.27. The van der Waals surface area contributed by atoms with Gasteiger partial charge in [-0.1, -0.05) is 61.3 Å². The lowest BCUT2D eigenvalue weighted by Crippen LogP contribution is -2.51. The maximum absolute atomic E-state index is 13.0. The Morgan fingerprint density at radius 1 is 1.12 bits per heavy atom. The summed E-state index contributed by atoms with van der Waals surface area (Å²) in [7, 11) is 0. The molecule has 1 N–H and O–H groups in total. The van der Waals surface area contributed by atoms with Gasteiger partial charge in [-0.15, -0.1) is 10.2 Å². The summed E-state index contributed by atoms with van der Waals surface area (Å²) in [4.78, 5) is 29.0. The lowest BCUT2D eigenvalue weighted by atomic mass is 9.87. The van der Waals surface area contributed by atoms with Crippen molar-refractivity contribution in [2.75, 3.05) is 44.4 Å². The highest BCUT2D eigenvalue weighted by molar-refractivity contribution is 8.00. The molecule has 0 bridgehead atoms. The third kappa shape index (κ3) is 6.60. The monoisotopic (exact) mass is 489 g/mol. The first-order valence-electron chi connectivity index (χ1n) is 11.6. The Bertz CT molecular complexity index is 940. The van der Waals surface area contributed by atoms with Crippen LogP contribution in [0.3, 0.4) is 0 Å². The number of hydrogen-bond acceptors (Lipinski definition) is 7. The molecule has 1 aliphatic carbocycles. The number of rotatable bonds is 7. The van der Waals surface area contributed by atoms with E-state index in [9.17, 15) is 9.59 Å². The van der Waals surface area contributed by atoms with Crippen molar-refractivity contribution in [3.63, 3.8) is 0 Å². The maximum Gasteiger partial charge on any atom is 0.323 e. The quantitative estimate of drug-likeness (QED) is 0.452. The third-order valence-electron chi connectivity index (χ3n) is 6.25. The van der Waals surface area contributed by atoms with E-state index >= 15 is 0 Å². The van der Waals surface area contributed by atoms with Crippen LogP contribution in [-0.4, -0.2) is 71.0 Å². The minimum Gasteiger partial charge on any atom is -0.494 e. The number of urea groups is 1. The van der Waals surface area contributed by atoms with Crippen molar-refractivity contribution >= 4 is 40.2 Å². The molecule has 10 heteroatoms. The number of carbonyl (C=O) groups excluding carboxylic acids is 2. The summed E-state index contributed by atoms with van der Waals surface area (Å²) < 4.78 is 6.76. The molecule has 0 radical (unpaired) electrons. The molecule has 1 aromatic heterocycles. The fraction of sp³-hybridized carbons (Fsp3) is 0.565. The van der Waals surface area contributed by atoms with Crippen molar-refractivity contribution in [1.82, 2.24) is 20.0 Å². The predicted molar refractivity (Wildman–Crippen MR) is 131 cm³/mol. The summed E-state index contributed by atoms with van der Waals surface area (Å²) in [6.07, 6.45) is 9.66. The molecule has 0 unspecified atom stereocenters. The van der Waals surface area contributed by atoms with Crippen molar-refractivity contribution in [1.29, 1.82) is 0 Å². The lowest BCUT2D eigenvalue weighted by Gasteiger charge is -2.34. The van der Waals surface area contributed by atoms with Gasteiger partial charge in [0.2, 0.25) is 5.13 Å². The zero-order chi connectivity index (χ0) is 23.0. The van der Waals surface area contributed by atoms with Gasteiger partial charge in [-0.25, -0.2) is 4.79 Å². The van der Waals surface area contributed by atoms with Gasteiger partial charge in [0.1, 0.15) is 5.75 Å². The average Bonchev–Trinajstić information content (AvgIpc) is 3.32. The van der Waals surface area contributed by atoms with Gasteiger partial charge in [-0.3, -0.25) is 10.1 Å². The maximum atomic E-state index is 13.0. The molecule has 2 heterocycles. The van der Waals surface area contributed by atoms with Crippen LogP contribution in [0.2, 0.25) is 0 Å². The van der Waals surface area contributed by atoms with Crippen LogP contribution < -0.4 is 10.1 Å². The molecular weight excluding hydrogens is 458 g/mol. The Hall–Kier alpha value is -2.33. The van der Waals surface area contributed by atoms with Gasteiger partial charge in [0.05, 0.1) is 6.61 Å². The van der Waals surface area contributed by atoms with E-state index in [1.165, 1.54) is 55.2 Å². The minimum absolute atomic E-state index is 0.0264. The number of benzene rings is 1. The summed E-state index contributed by atoms with van der Waals surface area (Å²) in [5.41, 5.74) is 0.626. The topological polar surface area (TPSA) is 87.7 Å². The van der Waals surface area contributed by atoms with Crippen LogP contribution >= 0.6 is 23.1 Å². The van der Waals surface area contributed by atoms with E-state index in [2.05, 4.69) is 15.5 Å². The largest absolute Gasteiger partial charge is 0.494 e. The average molecular weight is 490 g/mol. The highest BCUT2D eigenvalue weighted by Gasteiger charge is 2.25. The number of piperazine rings is 1. The smallest absolute Gasteiger partial charge is 0.323 e. The molecule has 1 saturated carbocycles. The van der Waals surface area contributed by atoms with Gasteiger partial charge in [0.25, 0.3) is 5.91 Å². The number of thioether (sulfide) groups is 1. The van der Waals surface area contributed by atoms with E-state index in [-0.39, 0.29) is 11.9 Å². The number of anilines is 1. The van der Waals surface area contributed by atoms with Crippen LogP contribution in [0.4, 0.5) is 9.93 Å². The minimum atomic E-state index is -0.209. The number of amides is 3. The fourth-order valence-electron chi connectivity index (χ4n) is 4.35. The van der Waals surface area contributed by atoms with Gasteiger partial charge in [-0.2, -0.15) is 0 Å². The number of carbonyl (C=O) groups is 2. The van der Waals surface area contributed by atoms with Crippen LogP contribution in [-0.2, 0) is 0 Å². The van der Waals surface area contributed by atoms with E-state index in [4.69, 9.17) is 4.74 Å². The van der Waals surface area contributed by atoms with Crippen LogP contribution in [0.25, 0.3) is 0 Å². The van der Waals surface area contributed by atoms with Crippen molar-refractivity contribution in [3.05, 3.63) is 29.8 Å². The zero-order valence-corrected chi connectivity index (χ0v) is 20.6. The Balaban J connectivity index is 1.24. The lowest BCUT2D eigenvalue weighted by molar-refractivity contribution is 0.0671. The summed E-state index contributed by atoms with van der Waals surface area (Å²) in [5.74, 6) is 1.49. The second-order valence-electron chi connectivity index (χ2n) is 8.46. The second kappa shape index (κ2) is 11.7. The molecule has 1 aromatic carbocycles. The van der Waals surface area contributed by atoms with Crippen LogP contribution in [0.5, 0.6) is 5.75 Å². The van der Waals surface area contributed by atoms with E-state index < -0.39 is 0 Å².